The van der Waals surface area contributed by atoms with Crippen molar-refractivity contribution in [3.8, 4) is 28.4 Å². The Balaban J connectivity index is 1.48. The van der Waals surface area contributed by atoms with E-state index in [9.17, 15) is 9.59 Å². The van der Waals surface area contributed by atoms with Gasteiger partial charge in [0.15, 0.2) is 6.10 Å². The van der Waals surface area contributed by atoms with E-state index in [1.165, 1.54) is 39.2 Å². The van der Waals surface area contributed by atoms with Gasteiger partial charge in [0.1, 0.15) is 17.2 Å². The van der Waals surface area contributed by atoms with E-state index in [4.69, 9.17) is 14.2 Å². The Morgan fingerprint density at radius 3 is 1.86 bits per heavy atom. The van der Waals surface area contributed by atoms with Crippen LogP contribution in [-0.2, 0) is 9.53 Å². The molecule has 0 aliphatic rings. The third kappa shape index (κ3) is 8.98. The zero-order valence-electron chi connectivity index (χ0n) is 21.9. The average Bonchev–Trinajstić information content (AvgIpc) is 2.93. The van der Waals surface area contributed by atoms with Crippen LogP contribution in [0.4, 0.5) is 0 Å². The first-order chi connectivity index (χ1) is 18.0. The van der Waals surface area contributed by atoms with E-state index in [0.717, 1.165) is 29.9 Å². The minimum Gasteiger partial charge on any atom is -0.494 e. The van der Waals surface area contributed by atoms with Crippen LogP contribution < -0.4 is 14.2 Å². The van der Waals surface area contributed by atoms with Gasteiger partial charge >= 0.3 is 11.9 Å². The SMILES string of the molecule is CCCCCCCCOc1ccc(-c2ccc(C(=O)Oc3ccc(O[C@@H](C)C(=O)OC)cc3)cc2)cc1. The van der Waals surface area contributed by atoms with Crippen LogP contribution in [0.15, 0.2) is 72.8 Å². The Kier molecular flexibility index (Phi) is 11.0. The van der Waals surface area contributed by atoms with Crippen LogP contribution in [-0.4, -0.2) is 31.8 Å². The molecule has 3 aromatic carbocycles. The van der Waals surface area contributed by atoms with E-state index >= 15 is 0 Å². The van der Waals surface area contributed by atoms with Crippen molar-refractivity contribution in [2.75, 3.05) is 13.7 Å². The molecular formula is C31H36O6. The van der Waals surface area contributed by atoms with Gasteiger partial charge in [-0.3, -0.25) is 0 Å². The van der Waals surface area contributed by atoms with Crippen molar-refractivity contribution >= 4 is 11.9 Å². The van der Waals surface area contributed by atoms with Crippen LogP contribution in [0.2, 0.25) is 0 Å². The van der Waals surface area contributed by atoms with E-state index in [1.807, 2.05) is 36.4 Å². The first-order valence-electron chi connectivity index (χ1n) is 12.9. The number of benzene rings is 3. The van der Waals surface area contributed by atoms with Crippen molar-refractivity contribution < 1.29 is 28.5 Å². The maximum Gasteiger partial charge on any atom is 0.346 e. The zero-order chi connectivity index (χ0) is 26.5. The first-order valence-corrected chi connectivity index (χ1v) is 12.9. The number of rotatable bonds is 14. The van der Waals surface area contributed by atoms with Crippen molar-refractivity contribution in [1.82, 2.24) is 0 Å². The highest BCUT2D eigenvalue weighted by Crippen LogP contribution is 2.24. The van der Waals surface area contributed by atoms with E-state index in [-0.39, 0.29) is 0 Å². The van der Waals surface area contributed by atoms with Gasteiger partial charge in [-0.25, -0.2) is 9.59 Å². The van der Waals surface area contributed by atoms with Gasteiger partial charge in [0.25, 0.3) is 0 Å². The highest BCUT2D eigenvalue weighted by molar-refractivity contribution is 5.91. The lowest BCUT2D eigenvalue weighted by Crippen LogP contribution is -2.24. The van der Waals surface area contributed by atoms with Crippen molar-refractivity contribution in [1.29, 1.82) is 0 Å². The second-order valence-electron chi connectivity index (χ2n) is 8.86. The molecule has 0 saturated carbocycles. The van der Waals surface area contributed by atoms with Crippen LogP contribution in [0, 0.1) is 0 Å². The Hall–Kier alpha value is -3.80. The fourth-order valence-electron chi connectivity index (χ4n) is 3.79. The van der Waals surface area contributed by atoms with E-state index < -0.39 is 18.0 Å². The summed E-state index contributed by atoms with van der Waals surface area (Å²) in [7, 11) is 1.31. The normalized spacial score (nSPS) is 11.4. The molecule has 6 heteroatoms. The quantitative estimate of drug-likeness (QED) is 0.131. The number of ether oxygens (including phenoxy) is 4. The molecule has 1 atom stereocenters. The number of carbonyl (C=O) groups excluding carboxylic acids is 2. The van der Waals surface area contributed by atoms with Gasteiger partial charge in [-0.05, 0) is 73.0 Å². The molecule has 196 valence electrons. The number of hydrogen-bond donors (Lipinski definition) is 0. The second kappa shape index (κ2) is 14.7. The van der Waals surface area contributed by atoms with Gasteiger partial charge in [0.05, 0.1) is 19.3 Å². The summed E-state index contributed by atoms with van der Waals surface area (Å²) >= 11 is 0. The van der Waals surface area contributed by atoms with Crippen LogP contribution in [0.3, 0.4) is 0 Å². The number of esters is 2. The molecule has 3 aromatic rings. The Labute approximate surface area is 219 Å². The van der Waals surface area contributed by atoms with Crippen LogP contribution in [0.5, 0.6) is 17.2 Å². The molecule has 0 saturated heterocycles. The van der Waals surface area contributed by atoms with Crippen LogP contribution >= 0.6 is 0 Å². The van der Waals surface area contributed by atoms with Crippen LogP contribution in [0.25, 0.3) is 11.1 Å². The molecule has 37 heavy (non-hydrogen) atoms. The highest BCUT2D eigenvalue weighted by Gasteiger charge is 2.15. The molecule has 3 rings (SSSR count). The third-order valence-electron chi connectivity index (χ3n) is 5.96. The predicted octanol–water partition coefficient (Wildman–Crippen LogP) is 7.25. The molecule has 0 bridgehead atoms. The van der Waals surface area contributed by atoms with Gasteiger partial charge in [-0.2, -0.15) is 0 Å². The number of unbranched alkanes of at least 4 members (excludes halogenated alkanes) is 5. The fourth-order valence-corrected chi connectivity index (χ4v) is 3.79. The van der Waals surface area contributed by atoms with Crippen molar-refractivity contribution in [3.05, 3.63) is 78.4 Å². The maximum absolute atomic E-state index is 12.6. The lowest BCUT2D eigenvalue weighted by atomic mass is 10.0. The molecule has 0 N–H and O–H groups in total. The zero-order valence-corrected chi connectivity index (χ0v) is 21.9. The number of carbonyl (C=O) groups is 2. The minimum atomic E-state index is -0.731. The maximum atomic E-state index is 12.6. The van der Waals surface area contributed by atoms with Crippen molar-refractivity contribution in [2.45, 2.75) is 58.5 Å². The monoisotopic (exact) mass is 504 g/mol. The van der Waals surface area contributed by atoms with Crippen molar-refractivity contribution in [2.24, 2.45) is 0 Å². The molecule has 0 aromatic heterocycles. The summed E-state index contributed by atoms with van der Waals surface area (Å²) in [6.45, 7) is 4.57. The lowest BCUT2D eigenvalue weighted by Gasteiger charge is -2.12. The summed E-state index contributed by atoms with van der Waals surface area (Å²) in [5, 5.41) is 0. The lowest BCUT2D eigenvalue weighted by molar-refractivity contribution is -0.147. The molecule has 0 unspecified atom stereocenters. The molecule has 0 aliphatic heterocycles. The molecule has 0 heterocycles. The van der Waals surface area contributed by atoms with E-state index in [1.54, 1.807) is 43.3 Å². The summed E-state index contributed by atoms with van der Waals surface area (Å²) < 4.78 is 21.5. The Morgan fingerprint density at radius 2 is 1.24 bits per heavy atom. The minimum absolute atomic E-state index is 0.378. The molecule has 0 fully saturated rings. The molecule has 0 spiro atoms. The fraction of sp³-hybridized carbons (Fsp3) is 0.355. The van der Waals surface area contributed by atoms with Gasteiger partial charge in [-0.1, -0.05) is 63.3 Å². The largest absolute Gasteiger partial charge is 0.494 e. The predicted molar refractivity (Wildman–Crippen MR) is 144 cm³/mol. The first kappa shape index (κ1) is 27.8. The number of methoxy groups -OCH3 is 1. The third-order valence-corrected chi connectivity index (χ3v) is 5.96. The smallest absolute Gasteiger partial charge is 0.346 e. The van der Waals surface area contributed by atoms with Gasteiger partial charge in [0.2, 0.25) is 0 Å². The van der Waals surface area contributed by atoms with Crippen molar-refractivity contribution in [3.63, 3.8) is 0 Å². The standard InChI is InChI=1S/C31H36O6/c1-4-5-6-7-8-9-22-35-27-16-14-25(15-17-27)24-10-12-26(13-11-24)31(33)37-29-20-18-28(19-21-29)36-23(2)30(32)34-3/h10-21,23H,4-9,22H2,1-3H3/t23-/m0/s1. The number of hydrogen-bond acceptors (Lipinski definition) is 6. The molecule has 6 nitrogen and oxygen atoms in total. The second-order valence-corrected chi connectivity index (χ2v) is 8.86. The summed E-state index contributed by atoms with van der Waals surface area (Å²) in [5.74, 6) is 0.798. The topological polar surface area (TPSA) is 71.1 Å². The summed E-state index contributed by atoms with van der Waals surface area (Å²) in [6.07, 6.45) is 6.72. The van der Waals surface area contributed by atoms with Gasteiger partial charge in [0, 0.05) is 0 Å². The average molecular weight is 505 g/mol. The van der Waals surface area contributed by atoms with Gasteiger partial charge < -0.3 is 18.9 Å². The van der Waals surface area contributed by atoms with Crippen LogP contribution in [0.1, 0.15) is 62.7 Å². The highest BCUT2D eigenvalue weighted by atomic mass is 16.6. The van der Waals surface area contributed by atoms with E-state index in [0.29, 0.717) is 17.1 Å². The molecule has 0 radical (unpaired) electrons. The summed E-state index contributed by atoms with van der Waals surface area (Å²) in [5.41, 5.74) is 2.49. The summed E-state index contributed by atoms with van der Waals surface area (Å²) in [4.78, 5) is 24.0. The molecular weight excluding hydrogens is 468 g/mol. The Bertz CT molecular complexity index is 1100. The van der Waals surface area contributed by atoms with E-state index in [2.05, 4.69) is 11.7 Å². The Morgan fingerprint density at radius 1 is 0.703 bits per heavy atom. The molecule has 0 aliphatic carbocycles. The molecule has 0 amide bonds. The summed E-state index contributed by atoms with van der Waals surface area (Å²) in [6, 6.07) is 21.8. The van der Waals surface area contributed by atoms with Gasteiger partial charge in [-0.15, -0.1) is 0 Å².